The molecule has 0 aliphatic rings. The first-order chi connectivity index (χ1) is 6.65. The minimum absolute atomic E-state index is 0.00252. The van der Waals surface area contributed by atoms with Crippen molar-refractivity contribution in [1.29, 1.82) is 0 Å². The van der Waals surface area contributed by atoms with Crippen molar-refractivity contribution in [1.82, 2.24) is 9.78 Å². The standard InChI is InChI=1S/C10H16Cl2N2/c1-3-10(7-11,8-12)6-9-4-5-14(2)13-9/h4-5H,3,6-8H2,1-2H3. The monoisotopic (exact) mass is 234 g/mol. The van der Waals surface area contributed by atoms with Crippen LogP contribution in [0.15, 0.2) is 12.3 Å². The Morgan fingerprint density at radius 1 is 1.43 bits per heavy atom. The van der Waals surface area contributed by atoms with Crippen LogP contribution in [0, 0.1) is 5.41 Å². The average molecular weight is 235 g/mol. The number of alkyl halides is 2. The molecule has 4 heteroatoms. The van der Waals surface area contributed by atoms with Gasteiger partial charge in [0.2, 0.25) is 0 Å². The lowest BCUT2D eigenvalue weighted by Gasteiger charge is -2.26. The van der Waals surface area contributed by atoms with Gasteiger partial charge in [0.05, 0.1) is 5.69 Å². The third kappa shape index (κ3) is 2.64. The van der Waals surface area contributed by atoms with E-state index in [0.717, 1.165) is 18.5 Å². The highest BCUT2D eigenvalue weighted by Gasteiger charge is 2.27. The van der Waals surface area contributed by atoms with Crippen LogP contribution in [-0.2, 0) is 13.5 Å². The number of aryl methyl sites for hydroxylation is 1. The summed E-state index contributed by atoms with van der Waals surface area (Å²) in [5.41, 5.74) is 1.06. The molecule has 0 N–H and O–H groups in total. The molecule has 0 atom stereocenters. The zero-order valence-corrected chi connectivity index (χ0v) is 10.1. The molecule has 0 amide bonds. The van der Waals surface area contributed by atoms with E-state index < -0.39 is 0 Å². The Balaban J connectivity index is 2.73. The molecule has 14 heavy (non-hydrogen) atoms. The quantitative estimate of drug-likeness (QED) is 0.717. The summed E-state index contributed by atoms with van der Waals surface area (Å²) in [5, 5.41) is 4.34. The third-order valence-electron chi connectivity index (χ3n) is 2.64. The summed E-state index contributed by atoms with van der Waals surface area (Å²) < 4.78 is 1.80. The molecule has 1 rings (SSSR count). The Labute approximate surface area is 95.2 Å². The molecule has 1 aromatic heterocycles. The van der Waals surface area contributed by atoms with Gasteiger partial charge >= 0.3 is 0 Å². The Kier molecular flexibility index (Phi) is 4.27. The maximum atomic E-state index is 5.96. The fraction of sp³-hybridized carbons (Fsp3) is 0.700. The number of halogens is 2. The molecule has 0 aliphatic carbocycles. The second-order valence-corrected chi connectivity index (χ2v) is 4.31. The van der Waals surface area contributed by atoms with Gasteiger partial charge in [0.15, 0.2) is 0 Å². The summed E-state index contributed by atoms with van der Waals surface area (Å²) in [6.07, 6.45) is 3.78. The largest absolute Gasteiger partial charge is 0.276 e. The lowest BCUT2D eigenvalue weighted by Crippen LogP contribution is -2.27. The van der Waals surface area contributed by atoms with Gasteiger partial charge in [0.1, 0.15) is 0 Å². The van der Waals surface area contributed by atoms with Gasteiger partial charge in [-0.3, -0.25) is 4.68 Å². The van der Waals surface area contributed by atoms with Gasteiger partial charge in [0, 0.05) is 30.4 Å². The van der Waals surface area contributed by atoms with Gasteiger partial charge in [-0.05, 0) is 18.9 Å². The van der Waals surface area contributed by atoms with E-state index in [1.165, 1.54) is 0 Å². The highest BCUT2D eigenvalue weighted by molar-refractivity contribution is 6.21. The highest BCUT2D eigenvalue weighted by atomic mass is 35.5. The maximum Gasteiger partial charge on any atom is 0.0630 e. The zero-order valence-electron chi connectivity index (χ0n) is 8.63. The molecule has 0 fully saturated rings. The van der Waals surface area contributed by atoms with Crippen LogP contribution in [0.3, 0.4) is 0 Å². The van der Waals surface area contributed by atoms with Crippen LogP contribution < -0.4 is 0 Å². The van der Waals surface area contributed by atoms with Crippen LogP contribution in [0.4, 0.5) is 0 Å². The molecular formula is C10H16Cl2N2. The Hall–Kier alpha value is -0.210. The number of hydrogen-bond donors (Lipinski definition) is 0. The van der Waals surface area contributed by atoms with Crippen molar-refractivity contribution in [2.75, 3.05) is 11.8 Å². The van der Waals surface area contributed by atoms with Crippen molar-refractivity contribution in [3.8, 4) is 0 Å². The first-order valence-electron chi connectivity index (χ1n) is 4.76. The average Bonchev–Trinajstić information content (AvgIpc) is 2.61. The first kappa shape index (κ1) is 11.9. The summed E-state index contributed by atoms with van der Waals surface area (Å²) in [7, 11) is 1.92. The van der Waals surface area contributed by atoms with E-state index in [0.29, 0.717) is 11.8 Å². The molecule has 2 nitrogen and oxygen atoms in total. The topological polar surface area (TPSA) is 17.8 Å². The number of aromatic nitrogens is 2. The van der Waals surface area contributed by atoms with Gasteiger partial charge < -0.3 is 0 Å². The van der Waals surface area contributed by atoms with Crippen LogP contribution in [-0.4, -0.2) is 21.5 Å². The van der Waals surface area contributed by atoms with E-state index in [1.807, 2.05) is 19.3 Å². The molecule has 0 aliphatic heterocycles. The summed E-state index contributed by atoms with van der Waals surface area (Å²) in [4.78, 5) is 0. The SMILES string of the molecule is CCC(CCl)(CCl)Cc1ccn(C)n1. The Bertz CT molecular complexity index is 271. The number of hydrogen-bond acceptors (Lipinski definition) is 1. The van der Waals surface area contributed by atoms with E-state index in [9.17, 15) is 0 Å². The van der Waals surface area contributed by atoms with Gasteiger partial charge in [-0.1, -0.05) is 6.92 Å². The van der Waals surface area contributed by atoms with E-state index in [2.05, 4.69) is 12.0 Å². The molecule has 0 saturated carbocycles. The van der Waals surface area contributed by atoms with Crippen molar-refractivity contribution in [2.24, 2.45) is 12.5 Å². The van der Waals surface area contributed by atoms with Crippen molar-refractivity contribution in [3.63, 3.8) is 0 Å². The fourth-order valence-electron chi connectivity index (χ4n) is 1.39. The molecule has 0 aromatic carbocycles. The lowest BCUT2D eigenvalue weighted by atomic mass is 9.85. The van der Waals surface area contributed by atoms with Crippen molar-refractivity contribution < 1.29 is 0 Å². The second-order valence-electron chi connectivity index (χ2n) is 3.78. The van der Waals surface area contributed by atoms with E-state index in [4.69, 9.17) is 23.2 Å². The molecule has 0 saturated heterocycles. The normalized spacial score (nSPS) is 12.0. The van der Waals surface area contributed by atoms with Gasteiger partial charge in [-0.2, -0.15) is 5.10 Å². The van der Waals surface area contributed by atoms with Crippen molar-refractivity contribution in [3.05, 3.63) is 18.0 Å². The molecular weight excluding hydrogens is 219 g/mol. The van der Waals surface area contributed by atoms with Crippen LogP contribution in [0.25, 0.3) is 0 Å². The predicted octanol–water partition coefficient (Wildman–Crippen LogP) is 2.84. The van der Waals surface area contributed by atoms with Gasteiger partial charge in [0.25, 0.3) is 0 Å². The molecule has 0 unspecified atom stereocenters. The van der Waals surface area contributed by atoms with Gasteiger partial charge in [-0.15, -0.1) is 23.2 Å². The zero-order chi connectivity index (χ0) is 10.6. The fourth-order valence-corrected chi connectivity index (χ4v) is 2.24. The van der Waals surface area contributed by atoms with E-state index in [-0.39, 0.29) is 5.41 Å². The first-order valence-corrected chi connectivity index (χ1v) is 5.83. The molecule has 0 spiro atoms. The van der Waals surface area contributed by atoms with Crippen LogP contribution in [0.5, 0.6) is 0 Å². The predicted molar refractivity (Wildman–Crippen MR) is 61.1 cm³/mol. The molecule has 1 heterocycles. The van der Waals surface area contributed by atoms with Crippen LogP contribution in [0.1, 0.15) is 19.0 Å². The smallest absolute Gasteiger partial charge is 0.0630 e. The molecule has 1 aromatic rings. The summed E-state index contributed by atoms with van der Waals surface area (Å²) >= 11 is 11.9. The van der Waals surface area contributed by atoms with Crippen molar-refractivity contribution in [2.45, 2.75) is 19.8 Å². The number of rotatable bonds is 5. The van der Waals surface area contributed by atoms with Crippen LogP contribution in [0.2, 0.25) is 0 Å². The lowest BCUT2D eigenvalue weighted by molar-refractivity contribution is 0.357. The summed E-state index contributed by atoms with van der Waals surface area (Å²) in [6, 6.07) is 2.02. The van der Waals surface area contributed by atoms with Gasteiger partial charge in [-0.25, -0.2) is 0 Å². The van der Waals surface area contributed by atoms with E-state index in [1.54, 1.807) is 4.68 Å². The third-order valence-corrected chi connectivity index (χ3v) is 3.78. The molecule has 80 valence electrons. The minimum Gasteiger partial charge on any atom is -0.276 e. The number of nitrogens with zero attached hydrogens (tertiary/aromatic N) is 2. The minimum atomic E-state index is -0.00252. The molecule has 0 bridgehead atoms. The summed E-state index contributed by atoms with van der Waals surface area (Å²) in [5.74, 6) is 1.17. The Morgan fingerprint density at radius 3 is 2.43 bits per heavy atom. The maximum absolute atomic E-state index is 5.96. The van der Waals surface area contributed by atoms with Crippen molar-refractivity contribution >= 4 is 23.2 Å². The van der Waals surface area contributed by atoms with E-state index >= 15 is 0 Å². The Morgan fingerprint density at radius 2 is 2.07 bits per heavy atom. The van der Waals surface area contributed by atoms with Crippen LogP contribution >= 0.6 is 23.2 Å². The second kappa shape index (κ2) is 5.04. The highest BCUT2D eigenvalue weighted by Crippen LogP contribution is 2.29. The molecule has 0 radical (unpaired) electrons. The summed E-state index contributed by atoms with van der Waals surface area (Å²) in [6.45, 7) is 2.12.